The topological polar surface area (TPSA) is 119 Å². The van der Waals surface area contributed by atoms with E-state index in [0.717, 1.165) is 19.3 Å². The molecule has 0 aromatic carbocycles. The molecule has 0 fully saturated rings. The monoisotopic (exact) mass is 494 g/mol. The second kappa shape index (κ2) is 22.8. The van der Waals surface area contributed by atoms with E-state index in [9.17, 15) is 19.0 Å². The summed E-state index contributed by atoms with van der Waals surface area (Å²) >= 11 is 0. The van der Waals surface area contributed by atoms with Crippen molar-refractivity contribution >= 4 is 19.8 Å². The Morgan fingerprint density at radius 1 is 0.636 bits per heavy atom. The number of unbranched alkanes of at least 4 members (excludes halogenated alkanes) is 14. The van der Waals surface area contributed by atoms with Crippen LogP contribution >= 0.6 is 7.82 Å². The second-order valence-corrected chi connectivity index (χ2v) is 10.0. The molecule has 0 aliphatic heterocycles. The van der Waals surface area contributed by atoms with Crippen LogP contribution in [0, 0.1) is 0 Å². The van der Waals surface area contributed by atoms with Gasteiger partial charge in [-0.15, -0.1) is 0 Å². The Morgan fingerprint density at radius 3 is 1.58 bits per heavy atom. The molecule has 0 aromatic rings. The van der Waals surface area contributed by atoms with Crippen molar-refractivity contribution in [3.8, 4) is 0 Å². The third-order valence-corrected chi connectivity index (χ3v) is 6.38. The van der Waals surface area contributed by atoms with Crippen molar-refractivity contribution < 1.29 is 37.9 Å². The number of carbonyl (C=O) groups excluding carboxylic acids is 1. The van der Waals surface area contributed by atoms with Gasteiger partial charge >= 0.3 is 19.8 Å². The molecule has 0 spiro atoms. The fraction of sp³-hybridized carbons (Fsp3) is 0.917. The van der Waals surface area contributed by atoms with Gasteiger partial charge in [0.25, 0.3) is 0 Å². The minimum atomic E-state index is -4.26. The fourth-order valence-corrected chi connectivity index (χ4v) is 4.18. The highest BCUT2D eigenvalue weighted by Gasteiger charge is 2.20. The first kappa shape index (κ1) is 32.0. The molecule has 8 nitrogen and oxygen atoms in total. The Bertz CT molecular complexity index is 527. The van der Waals surface area contributed by atoms with Gasteiger partial charge in [0, 0.05) is 12.8 Å². The molecule has 0 heterocycles. The average Bonchev–Trinajstić information content (AvgIpc) is 2.75. The van der Waals surface area contributed by atoms with Crippen LogP contribution in [0.15, 0.2) is 0 Å². The first-order valence-corrected chi connectivity index (χ1v) is 14.4. The largest absolute Gasteiger partial charge is 0.481 e. The van der Waals surface area contributed by atoms with Crippen LogP contribution in [-0.2, 0) is 27.9 Å². The van der Waals surface area contributed by atoms with Gasteiger partial charge in [-0.25, -0.2) is 4.57 Å². The molecule has 0 rings (SSSR count). The van der Waals surface area contributed by atoms with Gasteiger partial charge in [0.2, 0.25) is 0 Å². The molecular weight excluding hydrogens is 447 g/mol. The van der Waals surface area contributed by atoms with Crippen molar-refractivity contribution in [3.63, 3.8) is 0 Å². The van der Waals surface area contributed by atoms with Crippen molar-refractivity contribution in [3.05, 3.63) is 0 Å². The number of carboxylic acid groups (broad SMARTS) is 1. The molecule has 196 valence electrons. The van der Waals surface area contributed by atoms with Crippen molar-refractivity contribution in [1.29, 1.82) is 0 Å². The van der Waals surface area contributed by atoms with Crippen molar-refractivity contribution in [2.24, 2.45) is 0 Å². The molecule has 0 bridgehead atoms. The van der Waals surface area contributed by atoms with Gasteiger partial charge in [0.15, 0.2) is 0 Å². The fourth-order valence-electron chi connectivity index (χ4n) is 3.42. The van der Waals surface area contributed by atoms with Gasteiger partial charge in [-0.3, -0.25) is 18.6 Å². The summed E-state index contributed by atoms with van der Waals surface area (Å²) in [6.45, 7) is 1.83. The molecule has 1 unspecified atom stereocenters. The normalized spacial score (nSPS) is 13.0. The van der Waals surface area contributed by atoms with E-state index in [1.165, 1.54) is 77.0 Å². The van der Waals surface area contributed by atoms with E-state index < -0.39 is 20.4 Å². The van der Waals surface area contributed by atoms with Crippen LogP contribution < -0.4 is 0 Å². The molecule has 1 atom stereocenters. The van der Waals surface area contributed by atoms with Crippen LogP contribution in [0.5, 0.6) is 0 Å². The Morgan fingerprint density at radius 2 is 1.09 bits per heavy atom. The molecular formula is C24H47O8P. The number of esters is 1. The molecule has 0 radical (unpaired) electrons. The summed E-state index contributed by atoms with van der Waals surface area (Å²) in [5, 5.41) is 8.45. The summed E-state index contributed by atoms with van der Waals surface area (Å²) in [5.74, 6) is -1.40. The smallest absolute Gasteiger partial charge is 0.472 e. The lowest BCUT2D eigenvalue weighted by Crippen LogP contribution is -2.08. The molecule has 0 saturated carbocycles. The lowest BCUT2D eigenvalue weighted by Gasteiger charge is -2.11. The standard InChI is InChI=1S/C24H47O8P/c1-2-3-4-5-6-7-8-9-10-11-12-13-14-15-16-18-24(27)30-20-17-21-31-33(28,29)32-22-19-23(25)26/h2-22H2,1H3,(H,25,26)(H,28,29). The van der Waals surface area contributed by atoms with E-state index >= 15 is 0 Å². The van der Waals surface area contributed by atoms with Gasteiger partial charge in [0.1, 0.15) is 0 Å². The maximum atomic E-state index is 11.7. The molecule has 33 heavy (non-hydrogen) atoms. The Hall–Kier alpha value is -0.950. The van der Waals surface area contributed by atoms with E-state index in [4.69, 9.17) is 9.84 Å². The van der Waals surface area contributed by atoms with E-state index in [1.807, 2.05) is 0 Å². The summed E-state index contributed by atoms with van der Waals surface area (Å²) in [6, 6.07) is 0. The third kappa shape index (κ3) is 25.5. The van der Waals surface area contributed by atoms with Gasteiger partial charge < -0.3 is 14.7 Å². The number of hydrogen-bond donors (Lipinski definition) is 2. The first-order valence-electron chi connectivity index (χ1n) is 12.9. The number of carbonyl (C=O) groups is 2. The number of phosphoric acid groups is 1. The second-order valence-electron chi connectivity index (χ2n) is 8.55. The molecule has 0 aliphatic rings. The highest BCUT2D eigenvalue weighted by atomic mass is 31.2. The summed E-state index contributed by atoms with van der Waals surface area (Å²) in [7, 11) is -4.26. The summed E-state index contributed by atoms with van der Waals surface area (Å²) in [6.07, 6.45) is 19.4. The zero-order chi connectivity index (χ0) is 24.6. The molecule has 0 amide bonds. The van der Waals surface area contributed by atoms with Crippen molar-refractivity contribution in [2.45, 2.75) is 122 Å². The van der Waals surface area contributed by atoms with E-state index in [-0.39, 0.29) is 32.0 Å². The number of ether oxygens (including phenoxy) is 1. The number of carboxylic acids is 1. The molecule has 0 aliphatic carbocycles. The van der Waals surface area contributed by atoms with Crippen LogP contribution in [0.2, 0.25) is 0 Å². The zero-order valence-electron chi connectivity index (χ0n) is 20.6. The molecule has 9 heteroatoms. The quantitative estimate of drug-likeness (QED) is 0.0809. The zero-order valence-corrected chi connectivity index (χ0v) is 21.5. The number of phosphoric ester groups is 1. The van der Waals surface area contributed by atoms with Crippen molar-refractivity contribution in [1.82, 2.24) is 0 Å². The predicted octanol–water partition coefficient (Wildman–Crippen LogP) is 6.79. The number of aliphatic carboxylic acids is 1. The Balaban J connectivity index is 3.35. The lowest BCUT2D eigenvalue weighted by molar-refractivity contribution is -0.144. The van der Waals surface area contributed by atoms with Crippen LogP contribution in [-0.4, -0.2) is 41.8 Å². The highest BCUT2D eigenvalue weighted by Crippen LogP contribution is 2.43. The highest BCUT2D eigenvalue weighted by molar-refractivity contribution is 7.47. The SMILES string of the molecule is CCCCCCCCCCCCCCCCCC(=O)OCCCOP(=O)(O)OCCC(=O)O. The maximum absolute atomic E-state index is 11.7. The molecule has 0 saturated heterocycles. The minimum Gasteiger partial charge on any atom is -0.481 e. The molecule has 2 N–H and O–H groups in total. The Kier molecular flexibility index (Phi) is 22.2. The van der Waals surface area contributed by atoms with Crippen LogP contribution in [0.3, 0.4) is 0 Å². The van der Waals surface area contributed by atoms with Crippen LogP contribution in [0.25, 0.3) is 0 Å². The number of rotatable bonds is 25. The number of hydrogen-bond acceptors (Lipinski definition) is 6. The van der Waals surface area contributed by atoms with Gasteiger partial charge in [-0.2, -0.15) is 0 Å². The van der Waals surface area contributed by atoms with Crippen LogP contribution in [0.1, 0.15) is 122 Å². The summed E-state index contributed by atoms with van der Waals surface area (Å²) < 4.78 is 25.7. The minimum absolute atomic E-state index is 0.104. The maximum Gasteiger partial charge on any atom is 0.472 e. The predicted molar refractivity (Wildman–Crippen MR) is 129 cm³/mol. The average molecular weight is 495 g/mol. The van der Waals surface area contributed by atoms with Crippen LogP contribution in [0.4, 0.5) is 0 Å². The van der Waals surface area contributed by atoms with Crippen molar-refractivity contribution in [2.75, 3.05) is 19.8 Å². The summed E-state index contributed by atoms with van der Waals surface area (Å²) in [4.78, 5) is 31.4. The first-order chi connectivity index (χ1) is 15.9. The molecule has 0 aromatic heterocycles. The Labute approximate surface area is 200 Å². The van der Waals surface area contributed by atoms with Gasteiger partial charge in [0.05, 0.1) is 26.2 Å². The van der Waals surface area contributed by atoms with E-state index in [2.05, 4.69) is 16.0 Å². The summed E-state index contributed by atoms with van der Waals surface area (Å²) in [5.41, 5.74) is 0. The van der Waals surface area contributed by atoms with E-state index in [0.29, 0.717) is 6.42 Å². The van der Waals surface area contributed by atoms with E-state index in [1.54, 1.807) is 0 Å². The van der Waals surface area contributed by atoms with Gasteiger partial charge in [-0.1, -0.05) is 96.8 Å². The third-order valence-electron chi connectivity index (χ3n) is 5.36. The van der Waals surface area contributed by atoms with Gasteiger partial charge in [-0.05, 0) is 6.42 Å². The lowest BCUT2D eigenvalue weighted by atomic mass is 10.0.